The zero-order chi connectivity index (χ0) is 20.1. The van der Waals surface area contributed by atoms with Gasteiger partial charge >= 0.3 is 0 Å². The van der Waals surface area contributed by atoms with Crippen LogP contribution >= 0.6 is 11.8 Å². The van der Waals surface area contributed by atoms with Gasteiger partial charge in [-0.3, -0.25) is 14.9 Å². The van der Waals surface area contributed by atoms with Crippen LogP contribution in [0.3, 0.4) is 0 Å². The van der Waals surface area contributed by atoms with Crippen LogP contribution in [0.25, 0.3) is 11.5 Å². The van der Waals surface area contributed by atoms with E-state index >= 15 is 0 Å². The molecule has 0 aliphatic rings. The minimum atomic E-state index is -0.479. The summed E-state index contributed by atoms with van der Waals surface area (Å²) in [5.41, 5.74) is 0.444. The highest BCUT2D eigenvalue weighted by Gasteiger charge is 2.16. The smallest absolute Gasteiger partial charge is 0.269 e. The molecule has 1 aromatic heterocycles. The molecule has 0 radical (unpaired) electrons. The first-order valence-corrected chi connectivity index (χ1v) is 9.07. The summed E-state index contributed by atoms with van der Waals surface area (Å²) in [5, 5.41) is 16.7. The van der Waals surface area contributed by atoms with Crippen molar-refractivity contribution in [1.82, 2.24) is 15.5 Å². The lowest BCUT2D eigenvalue weighted by molar-refractivity contribution is -0.384. The molecule has 0 saturated heterocycles. The molecule has 3 rings (SSSR count). The molecule has 1 N–H and O–H groups in total. The predicted molar refractivity (Wildman–Crippen MR) is 100.0 cm³/mol. The third-order valence-electron chi connectivity index (χ3n) is 3.69. The number of halogens is 1. The summed E-state index contributed by atoms with van der Waals surface area (Å²) in [5.74, 6) is -0.236. The summed E-state index contributed by atoms with van der Waals surface area (Å²) >= 11 is 1.27. The third-order valence-corrected chi connectivity index (χ3v) is 4.80. The normalized spacial score (nSPS) is 11.8. The second-order valence-corrected chi connectivity index (χ2v) is 7.17. The van der Waals surface area contributed by atoms with Gasteiger partial charge < -0.3 is 9.84 Å². The maximum absolute atomic E-state index is 13.3. The summed E-state index contributed by atoms with van der Waals surface area (Å²) in [6.45, 7) is 1.78. The minimum absolute atomic E-state index is 0.00679. The van der Waals surface area contributed by atoms with E-state index in [1.54, 1.807) is 25.1 Å². The van der Waals surface area contributed by atoms with Crippen molar-refractivity contribution in [1.29, 1.82) is 0 Å². The quantitative estimate of drug-likeness (QED) is 0.365. The van der Waals surface area contributed by atoms with Crippen LogP contribution in [0.15, 0.2) is 57.9 Å². The van der Waals surface area contributed by atoms with E-state index in [1.165, 1.54) is 42.1 Å². The molecule has 2 aromatic carbocycles. The lowest BCUT2D eigenvalue weighted by Crippen LogP contribution is -2.30. The summed E-state index contributed by atoms with van der Waals surface area (Å²) in [6.07, 6.45) is 0. The molecule has 8 nitrogen and oxygen atoms in total. The average Bonchev–Trinajstić information content (AvgIpc) is 3.15. The summed E-state index contributed by atoms with van der Waals surface area (Å²) in [6, 6.07) is 11.7. The van der Waals surface area contributed by atoms with Gasteiger partial charge in [0.1, 0.15) is 5.82 Å². The van der Waals surface area contributed by atoms with Crippen molar-refractivity contribution in [3.63, 3.8) is 0 Å². The lowest BCUT2D eigenvalue weighted by Gasteiger charge is -2.10. The van der Waals surface area contributed by atoms with Crippen LogP contribution in [0.1, 0.15) is 12.7 Å². The van der Waals surface area contributed by atoms with Gasteiger partial charge in [0.05, 0.1) is 16.7 Å². The number of hydrogen-bond acceptors (Lipinski definition) is 7. The minimum Gasteiger partial charge on any atom is -0.348 e. The van der Waals surface area contributed by atoms with Crippen LogP contribution in [0.5, 0.6) is 0 Å². The molecule has 1 heterocycles. The number of nitro groups is 1. The SMILES string of the molecule is C[C@@H](Sc1ccc([N+](=O)[O-])cc1)C(=O)NCc1noc(-c2cccc(F)c2)n1. The average molecular weight is 402 g/mol. The molecular formula is C18H15FN4O4S. The predicted octanol–water partition coefficient (Wildman–Crippen LogP) is 3.58. The number of aromatic nitrogens is 2. The van der Waals surface area contributed by atoms with Gasteiger partial charge in [0.25, 0.3) is 11.6 Å². The number of thioether (sulfide) groups is 1. The zero-order valence-electron chi connectivity index (χ0n) is 14.7. The maximum atomic E-state index is 13.3. The summed E-state index contributed by atoms with van der Waals surface area (Å²) in [4.78, 5) is 27.3. The molecule has 10 heteroatoms. The Morgan fingerprint density at radius 1 is 1.32 bits per heavy atom. The molecule has 0 unspecified atom stereocenters. The number of hydrogen-bond donors (Lipinski definition) is 1. The van der Waals surface area contributed by atoms with Crippen molar-refractivity contribution in [2.24, 2.45) is 0 Å². The topological polar surface area (TPSA) is 111 Å². The second kappa shape index (κ2) is 8.61. The number of carbonyl (C=O) groups is 1. The highest BCUT2D eigenvalue weighted by atomic mass is 32.2. The van der Waals surface area contributed by atoms with Crippen LogP contribution in [0, 0.1) is 15.9 Å². The van der Waals surface area contributed by atoms with Crippen LogP contribution in [-0.4, -0.2) is 26.2 Å². The number of benzene rings is 2. The first-order chi connectivity index (χ1) is 13.4. The zero-order valence-corrected chi connectivity index (χ0v) is 15.5. The fraction of sp³-hybridized carbons (Fsp3) is 0.167. The Balaban J connectivity index is 1.54. The Morgan fingerprint density at radius 2 is 2.07 bits per heavy atom. The van der Waals surface area contributed by atoms with Crippen molar-refractivity contribution < 1.29 is 18.6 Å². The van der Waals surface area contributed by atoms with Gasteiger partial charge in [-0.2, -0.15) is 4.98 Å². The van der Waals surface area contributed by atoms with E-state index in [0.29, 0.717) is 5.56 Å². The van der Waals surface area contributed by atoms with E-state index in [2.05, 4.69) is 15.5 Å². The Bertz CT molecular complexity index is 993. The van der Waals surface area contributed by atoms with E-state index in [-0.39, 0.29) is 29.9 Å². The number of rotatable bonds is 7. The van der Waals surface area contributed by atoms with Crippen LogP contribution in [-0.2, 0) is 11.3 Å². The van der Waals surface area contributed by atoms with Crippen molar-refractivity contribution in [3.05, 3.63) is 70.3 Å². The highest BCUT2D eigenvalue weighted by molar-refractivity contribution is 8.00. The molecule has 144 valence electrons. The van der Waals surface area contributed by atoms with Crippen LogP contribution in [0.4, 0.5) is 10.1 Å². The molecular weight excluding hydrogens is 387 g/mol. The number of non-ortho nitro benzene ring substituents is 1. The molecule has 0 bridgehead atoms. The van der Waals surface area contributed by atoms with Crippen LogP contribution < -0.4 is 5.32 Å². The molecule has 0 aliphatic carbocycles. The summed E-state index contributed by atoms with van der Waals surface area (Å²) < 4.78 is 18.3. The first-order valence-electron chi connectivity index (χ1n) is 8.20. The van der Waals surface area contributed by atoms with E-state index in [9.17, 15) is 19.3 Å². The van der Waals surface area contributed by atoms with E-state index < -0.39 is 16.0 Å². The largest absolute Gasteiger partial charge is 0.348 e. The van der Waals surface area contributed by atoms with E-state index in [4.69, 9.17) is 4.52 Å². The van der Waals surface area contributed by atoms with Gasteiger partial charge in [-0.25, -0.2) is 4.39 Å². The maximum Gasteiger partial charge on any atom is 0.269 e. The number of nitro benzene ring substituents is 1. The Kier molecular flexibility index (Phi) is 5.99. The molecule has 3 aromatic rings. The number of nitrogens with one attached hydrogen (secondary N) is 1. The Labute approximate surface area is 163 Å². The van der Waals surface area contributed by atoms with Gasteiger partial charge in [-0.1, -0.05) is 11.2 Å². The van der Waals surface area contributed by atoms with Gasteiger partial charge in [0.15, 0.2) is 5.82 Å². The van der Waals surface area contributed by atoms with Crippen molar-refractivity contribution in [2.75, 3.05) is 0 Å². The molecule has 0 fully saturated rings. The van der Waals surface area contributed by atoms with Gasteiger partial charge in [-0.15, -0.1) is 11.8 Å². The molecule has 0 aliphatic heterocycles. The number of amides is 1. The molecule has 28 heavy (non-hydrogen) atoms. The monoisotopic (exact) mass is 402 g/mol. The van der Waals surface area contributed by atoms with E-state index in [0.717, 1.165) is 4.90 Å². The van der Waals surface area contributed by atoms with Crippen LogP contribution in [0.2, 0.25) is 0 Å². The van der Waals surface area contributed by atoms with Crippen molar-refractivity contribution in [3.8, 4) is 11.5 Å². The van der Waals surface area contributed by atoms with Crippen molar-refractivity contribution in [2.45, 2.75) is 23.6 Å². The summed E-state index contributed by atoms with van der Waals surface area (Å²) in [7, 11) is 0. The van der Waals surface area contributed by atoms with E-state index in [1.807, 2.05) is 0 Å². The fourth-order valence-electron chi connectivity index (χ4n) is 2.28. The molecule has 1 atom stereocenters. The second-order valence-electron chi connectivity index (χ2n) is 5.76. The third kappa shape index (κ3) is 4.92. The Hall–Kier alpha value is -3.27. The fourth-order valence-corrected chi connectivity index (χ4v) is 3.17. The first kappa shape index (κ1) is 19.5. The molecule has 0 saturated carbocycles. The van der Waals surface area contributed by atoms with Gasteiger partial charge in [0.2, 0.25) is 5.91 Å². The van der Waals surface area contributed by atoms with Gasteiger partial charge in [-0.05, 0) is 37.3 Å². The van der Waals surface area contributed by atoms with Crippen molar-refractivity contribution >= 4 is 23.4 Å². The lowest BCUT2D eigenvalue weighted by atomic mass is 10.2. The number of nitrogens with zero attached hydrogens (tertiary/aromatic N) is 3. The molecule has 0 spiro atoms. The Morgan fingerprint density at radius 3 is 2.75 bits per heavy atom. The number of carbonyl (C=O) groups excluding carboxylic acids is 1. The molecule has 1 amide bonds. The highest BCUT2D eigenvalue weighted by Crippen LogP contribution is 2.25. The van der Waals surface area contributed by atoms with Gasteiger partial charge in [0, 0.05) is 22.6 Å². The standard InChI is InChI=1S/C18H15FN4O4S/c1-11(28-15-7-5-14(6-8-15)23(25)26)17(24)20-10-16-21-18(27-22-16)12-3-2-4-13(19)9-12/h2-9,11H,10H2,1H3,(H,20,24)/t11-/m1/s1.